The molecule has 1 unspecified atom stereocenters. The van der Waals surface area contributed by atoms with Gasteiger partial charge < -0.3 is 21.2 Å². The van der Waals surface area contributed by atoms with Crippen LogP contribution in [0.4, 0.5) is 0 Å². The molecule has 0 aliphatic carbocycles. The van der Waals surface area contributed by atoms with Crippen molar-refractivity contribution in [2.24, 2.45) is 0 Å². The fourth-order valence-electron chi connectivity index (χ4n) is 0. The molecule has 8 heavy (non-hydrogen) atoms. The molecule has 4 nitrogen and oxygen atoms in total. The van der Waals surface area contributed by atoms with Crippen LogP contribution in [0.1, 0.15) is 6.92 Å². The van der Waals surface area contributed by atoms with Crippen LogP contribution in [0.2, 0.25) is 0 Å². The van der Waals surface area contributed by atoms with Crippen LogP contribution in [0, 0.1) is 0 Å². The number of hydrogen-bond acceptors (Lipinski definition) is 3. The minimum absolute atomic E-state index is 0. The maximum absolute atomic E-state index is 9.34. The number of rotatable bonds is 1. The first-order chi connectivity index (χ1) is 2.64. The number of carboxylic acid groups (broad SMARTS) is 1. The van der Waals surface area contributed by atoms with E-state index in [4.69, 9.17) is 5.11 Å². The predicted octanol–water partition coefficient (Wildman–Crippen LogP) is -1.51. The normalized spacial score (nSPS) is 10.2. The molecule has 5 heteroatoms. The number of carbonyl (C=O) groups excluding carboxylic acids is 1. The van der Waals surface area contributed by atoms with E-state index in [0.29, 0.717) is 0 Å². The van der Waals surface area contributed by atoms with Crippen LogP contribution < -0.4 is 11.3 Å². The first-order valence-electron chi connectivity index (χ1n) is 1.53. The minimum Gasteiger partial charge on any atom is -0.547 e. The third-order valence-electron chi connectivity index (χ3n) is 0.341. The number of aliphatic hydroxyl groups is 1. The van der Waals surface area contributed by atoms with E-state index < -0.39 is 12.1 Å². The Morgan fingerprint density at radius 3 is 1.88 bits per heavy atom. The standard InChI is InChI=1S/C3H6O3.H3N.Ti/c1-2(4)3(5)6;;/h2,4H,1H3,(H,5,6);1H3;/q;;+2. The first kappa shape index (κ1) is 15.7. The predicted molar refractivity (Wildman–Crippen MR) is 22.7 cm³/mol. The summed E-state index contributed by atoms with van der Waals surface area (Å²) >= 11 is 0. The number of aliphatic carboxylic acids is 1. The molecule has 0 aliphatic heterocycles. The zero-order valence-electron chi connectivity index (χ0n) is 4.84. The van der Waals surface area contributed by atoms with E-state index in [0.717, 1.165) is 6.92 Å². The Hall–Kier alpha value is 0.104. The van der Waals surface area contributed by atoms with Gasteiger partial charge in [0.25, 0.3) is 0 Å². The Morgan fingerprint density at radius 2 is 1.88 bits per heavy atom. The number of hydrogen-bond donors (Lipinski definition) is 2. The van der Waals surface area contributed by atoms with Crippen LogP contribution in [-0.2, 0) is 26.5 Å². The van der Waals surface area contributed by atoms with E-state index in [2.05, 4.69) is 0 Å². The number of carbonyl (C=O) groups is 1. The van der Waals surface area contributed by atoms with Crippen molar-refractivity contribution in [1.82, 2.24) is 6.15 Å². The van der Waals surface area contributed by atoms with Crippen LogP contribution >= 0.6 is 0 Å². The van der Waals surface area contributed by atoms with Gasteiger partial charge in [0.05, 0.1) is 12.1 Å². The van der Waals surface area contributed by atoms with E-state index in [1.165, 1.54) is 0 Å². The van der Waals surface area contributed by atoms with Crippen molar-refractivity contribution in [3.05, 3.63) is 0 Å². The Labute approximate surface area is 62.4 Å². The van der Waals surface area contributed by atoms with Gasteiger partial charge in [-0.3, -0.25) is 0 Å². The summed E-state index contributed by atoms with van der Waals surface area (Å²) in [5.74, 6) is -1.44. The van der Waals surface area contributed by atoms with Crippen molar-refractivity contribution in [3.63, 3.8) is 0 Å². The van der Waals surface area contributed by atoms with E-state index in [1.54, 1.807) is 0 Å². The van der Waals surface area contributed by atoms with Gasteiger partial charge in [-0.15, -0.1) is 0 Å². The average Bonchev–Trinajstić information content (AvgIpc) is 1.36. The molecule has 0 aromatic rings. The quantitative estimate of drug-likeness (QED) is 0.450. The second-order valence-corrected chi connectivity index (χ2v) is 0.995. The SMILES string of the molecule is CC(O)C(=O)[O-].[NH4+].[Ti+2]. The van der Waals surface area contributed by atoms with Gasteiger partial charge >= 0.3 is 21.7 Å². The molecule has 0 aromatic carbocycles. The third kappa shape index (κ3) is 9.44. The molecule has 0 heterocycles. The van der Waals surface area contributed by atoms with Gasteiger partial charge in [-0.25, -0.2) is 0 Å². The molecule has 0 rings (SSSR count). The molecule has 0 saturated carbocycles. The maximum atomic E-state index is 9.34. The van der Waals surface area contributed by atoms with Crippen LogP contribution in [0.15, 0.2) is 0 Å². The van der Waals surface area contributed by atoms with Gasteiger partial charge in [0, 0.05) is 0 Å². The largest absolute Gasteiger partial charge is 2.00 e. The van der Waals surface area contributed by atoms with E-state index in [-0.39, 0.29) is 27.9 Å². The third-order valence-corrected chi connectivity index (χ3v) is 0.341. The molecule has 0 radical (unpaired) electrons. The van der Waals surface area contributed by atoms with Gasteiger partial charge in [0.2, 0.25) is 0 Å². The zero-order valence-corrected chi connectivity index (χ0v) is 6.40. The smallest absolute Gasteiger partial charge is 0.547 e. The Kier molecular flexibility index (Phi) is 13.9. The summed E-state index contributed by atoms with van der Waals surface area (Å²) in [5, 5.41) is 17.3. The summed E-state index contributed by atoms with van der Waals surface area (Å²) in [5.41, 5.74) is 0. The Morgan fingerprint density at radius 1 is 1.75 bits per heavy atom. The van der Waals surface area contributed by atoms with E-state index >= 15 is 0 Å². The van der Waals surface area contributed by atoms with Crippen molar-refractivity contribution < 1.29 is 36.7 Å². The van der Waals surface area contributed by atoms with Crippen molar-refractivity contribution >= 4 is 5.97 Å². The van der Waals surface area contributed by atoms with Crippen LogP contribution in [-0.4, -0.2) is 17.2 Å². The molecule has 0 bridgehead atoms. The van der Waals surface area contributed by atoms with Crippen LogP contribution in [0.25, 0.3) is 0 Å². The number of quaternary nitrogens is 1. The van der Waals surface area contributed by atoms with Crippen molar-refractivity contribution in [1.29, 1.82) is 0 Å². The van der Waals surface area contributed by atoms with E-state index in [1.807, 2.05) is 0 Å². The van der Waals surface area contributed by atoms with Gasteiger partial charge in [-0.1, -0.05) is 0 Å². The fraction of sp³-hybridized carbons (Fsp3) is 0.667. The van der Waals surface area contributed by atoms with Gasteiger partial charge in [-0.2, -0.15) is 0 Å². The molecule has 0 spiro atoms. The van der Waals surface area contributed by atoms with Gasteiger partial charge in [-0.05, 0) is 6.92 Å². The molecule has 0 amide bonds. The van der Waals surface area contributed by atoms with Crippen molar-refractivity contribution in [2.45, 2.75) is 13.0 Å². The topological polar surface area (TPSA) is 96.9 Å². The van der Waals surface area contributed by atoms with Gasteiger partial charge in [0.1, 0.15) is 0 Å². The second kappa shape index (κ2) is 7.10. The number of aliphatic hydroxyl groups excluding tert-OH is 1. The molecule has 0 fully saturated rings. The molecule has 0 aliphatic rings. The van der Waals surface area contributed by atoms with Crippen LogP contribution in [0.5, 0.6) is 0 Å². The molecule has 0 aromatic heterocycles. The van der Waals surface area contributed by atoms with Crippen molar-refractivity contribution in [2.75, 3.05) is 0 Å². The van der Waals surface area contributed by atoms with Crippen LogP contribution in [0.3, 0.4) is 0 Å². The summed E-state index contributed by atoms with van der Waals surface area (Å²) < 4.78 is 0. The average molecular weight is 155 g/mol. The number of carboxylic acids is 1. The monoisotopic (exact) mass is 155 g/mol. The van der Waals surface area contributed by atoms with Gasteiger partial charge in [0.15, 0.2) is 0 Å². The minimum atomic E-state index is -1.44. The molecule has 1 atom stereocenters. The molecular weight excluding hydrogens is 146 g/mol. The maximum Gasteiger partial charge on any atom is 2.00 e. The summed E-state index contributed by atoms with van der Waals surface area (Å²) in [6.45, 7) is 1.13. The molecule has 46 valence electrons. The van der Waals surface area contributed by atoms with Crippen molar-refractivity contribution in [3.8, 4) is 0 Å². The molecule has 5 N–H and O–H groups in total. The second-order valence-electron chi connectivity index (χ2n) is 0.995. The zero-order chi connectivity index (χ0) is 5.15. The Bertz CT molecular complexity index is 65.5. The molecular formula is C3H9NO3Ti+2. The van der Waals surface area contributed by atoms with E-state index in [9.17, 15) is 9.90 Å². The summed E-state index contributed by atoms with van der Waals surface area (Å²) in [6.07, 6.45) is -1.34. The Balaban J connectivity index is -0.000000125. The first-order valence-corrected chi connectivity index (χ1v) is 1.53. The summed E-state index contributed by atoms with van der Waals surface area (Å²) in [4.78, 5) is 9.34. The summed E-state index contributed by atoms with van der Waals surface area (Å²) in [7, 11) is 0. The molecule has 0 saturated heterocycles. The summed E-state index contributed by atoms with van der Waals surface area (Å²) in [6, 6.07) is 0. The fourth-order valence-corrected chi connectivity index (χ4v) is 0.